The predicted octanol–water partition coefficient (Wildman–Crippen LogP) is 15.4. The second-order valence-corrected chi connectivity index (χ2v) is 22.3. The van der Waals surface area contributed by atoms with Gasteiger partial charge in [0.05, 0.1) is 21.6 Å². The van der Waals surface area contributed by atoms with Gasteiger partial charge in [-0.1, -0.05) is 138 Å². The highest BCUT2D eigenvalue weighted by molar-refractivity contribution is 7.26. The van der Waals surface area contributed by atoms with Gasteiger partial charge in [-0.25, -0.2) is 0 Å². The third-order valence-electron chi connectivity index (χ3n) is 16.6. The van der Waals surface area contributed by atoms with Crippen molar-refractivity contribution in [2.24, 2.45) is 0 Å². The summed E-state index contributed by atoms with van der Waals surface area (Å²) in [5.74, 6) is 0. The second kappa shape index (κ2) is 13.7. The molecule has 8 aromatic carbocycles. The van der Waals surface area contributed by atoms with Crippen molar-refractivity contribution in [3.63, 3.8) is 0 Å². The van der Waals surface area contributed by atoms with Crippen molar-refractivity contribution < 1.29 is 4.42 Å². The molecule has 0 saturated heterocycles. The van der Waals surface area contributed by atoms with Crippen LogP contribution in [0.25, 0.3) is 42.1 Å². The van der Waals surface area contributed by atoms with E-state index in [4.69, 9.17) is 4.42 Å². The Morgan fingerprint density at radius 2 is 1.21 bits per heavy atom. The summed E-state index contributed by atoms with van der Waals surface area (Å²) in [5, 5.41) is 4.88. The molecule has 6 heteroatoms. The van der Waals surface area contributed by atoms with E-state index in [1.165, 1.54) is 112 Å². The maximum Gasteiger partial charge on any atom is 0.252 e. The molecule has 0 bridgehead atoms. The van der Waals surface area contributed by atoms with E-state index in [1.54, 1.807) is 0 Å². The zero-order valence-electron chi connectivity index (χ0n) is 39.1. The molecule has 67 heavy (non-hydrogen) atoms. The van der Waals surface area contributed by atoms with Crippen molar-refractivity contribution in [3.8, 4) is 0 Å². The SMILES string of the molecule is Cc1cc2c3c(c1)N(c1cccc4c1sc1ccccc14)c1cc(N4c5ccccc5C5(C)CCCCC45C)ccc1B3c1ccc(C(C)(C)C)cc1N2c1cccc2c1oc1ccccc12. The van der Waals surface area contributed by atoms with E-state index in [9.17, 15) is 0 Å². The Balaban J connectivity index is 1.08. The lowest BCUT2D eigenvalue weighted by Crippen LogP contribution is -2.61. The third kappa shape index (κ3) is 5.25. The first kappa shape index (κ1) is 39.4. The van der Waals surface area contributed by atoms with E-state index >= 15 is 0 Å². The zero-order chi connectivity index (χ0) is 45.1. The van der Waals surface area contributed by atoms with Gasteiger partial charge in [-0.3, -0.25) is 0 Å². The molecular formula is C61H52BN3OS. The van der Waals surface area contributed by atoms with Gasteiger partial charge in [-0.15, -0.1) is 11.3 Å². The van der Waals surface area contributed by atoms with Gasteiger partial charge in [0.25, 0.3) is 6.71 Å². The number of furan rings is 1. The Hall–Kier alpha value is -6.76. The van der Waals surface area contributed by atoms with Crippen molar-refractivity contribution in [3.05, 3.63) is 174 Å². The molecular weight excluding hydrogens is 834 g/mol. The molecule has 1 fully saturated rings. The zero-order valence-corrected chi connectivity index (χ0v) is 39.9. The number of thiophene rings is 1. The van der Waals surface area contributed by atoms with Gasteiger partial charge in [-0.05, 0) is 126 Å². The quantitative estimate of drug-likeness (QED) is 0.165. The Kier molecular flexibility index (Phi) is 8.04. The lowest BCUT2D eigenvalue weighted by Gasteiger charge is -2.50. The van der Waals surface area contributed by atoms with E-state index in [-0.39, 0.29) is 23.1 Å². The number of fused-ring (bicyclic) bond motifs is 13. The molecule has 5 heterocycles. The summed E-state index contributed by atoms with van der Waals surface area (Å²) < 4.78 is 9.52. The smallest absolute Gasteiger partial charge is 0.252 e. The first-order valence-electron chi connectivity index (χ1n) is 24.3. The number of rotatable bonds is 3. The van der Waals surface area contributed by atoms with Crippen LogP contribution in [0.3, 0.4) is 0 Å². The molecule has 10 aromatic rings. The van der Waals surface area contributed by atoms with Crippen molar-refractivity contribution in [2.75, 3.05) is 14.7 Å². The standard InChI is InChI=1S/C61H52BN3OS/c1-37-33-52-56-53(34-37)64(49-24-16-20-43-41-18-8-12-26-55(41)67-58(43)49)51-36-39(65-47-22-10-9-21-44(47)60(5)31-13-14-32-61(60,65)6)28-30-46(51)62(56)45-29-27-38(59(2,3)4)35-50(45)63(52)48-23-15-19-42-40-17-7-11-25-54(40)66-57(42)48/h7-12,15-30,33-36H,13-14,31-32H2,1-6H3. The van der Waals surface area contributed by atoms with Crippen LogP contribution in [0.15, 0.2) is 162 Å². The van der Waals surface area contributed by atoms with Crippen molar-refractivity contribution in [1.82, 2.24) is 0 Å². The normalized spacial score (nSPS) is 19.6. The topological polar surface area (TPSA) is 22.9 Å². The summed E-state index contributed by atoms with van der Waals surface area (Å²) in [5.41, 5.74) is 19.5. The Morgan fingerprint density at radius 1 is 0.567 bits per heavy atom. The molecule has 14 rings (SSSR count). The molecule has 0 amide bonds. The predicted molar refractivity (Wildman–Crippen MR) is 287 cm³/mol. The number of hydrogen-bond donors (Lipinski definition) is 0. The fraction of sp³-hybridized carbons (Fsp3) is 0.213. The van der Waals surface area contributed by atoms with Crippen LogP contribution in [0.4, 0.5) is 45.5 Å². The molecule has 3 aliphatic heterocycles. The van der Waals surface area contributed by atoms with E-state index < -0.39 is 0 Å². The summed E-state index contributed by atoms with van der Waals surface area (Å²) in [6.45, 7) is 14.4. The van der Waals surface area contributed by atoms with Crippen LogP contribution in [0, 0.1) is 6.92 Å². The molecule has 0 spiro atoms. The maximum atomic E-state index is 6.90. The monoisotopic (exact) mass is 885 g/mol. The average molecular weight is 886 g/mol. The third-order valence-corrected chi connectivity index (χ3v) is 17.8. The van der Waals surface area contributed by atoms with Crippen LogP contribution in [0.5, 0.6) is 0 Å². The summed E-state index contributed by atoms with van der Waals surface area (Å²) in [4.78, 5) is 7.94. The summed E-state index contributed by atoms with van der Waals surface area (Å²) in [6.07, 6.45) is 4.87. The Bertz CT molecular complexity index is 3750. The number of hydrogen-bond acceptors (Lipinski definition) is 5. The van der Waals surface area contributed by atoms with Gasteiger partial charge in [0, 0.05) is 65.8 Å². The van der Waals surface area contributed by atoms with Crippen LogP contribution < -0.4 is 31.1 Å². The average Bonchev–Trinajstić information content (AvgIpc) is 3.97. The van der Waals surface area contributed by atoms with Gasteiger partial charge in [0.15, 0.2) is 5.58 Å². The maximum absolute atomic E-state index is 6.90. The first-order chi connectivity index (χ1) is 32.5. The van der Waals surface area contributed by atoms with E-state index in [2.05, 4.69) is 214 Å². The molecule has 2 aromatic heterocycles. The van der Waals surface area contributed by atoms with E-state index in [0.29, 0.717) is 0 Å². The van der Waals surface area contributed by atoms with Crippen LogP contribution >= 0.6 is 11.3 Å². The number of nitrogens with zero attached hydrogens (tertiary/aromatic N) is 3. The van der Waals surface area contributed by atoms with Crippen molar-refractivity contribution in [1.29, 1.82) is 0 Å². The molecule has 0 N–H and O–H groups in total. The van der Waals surface area contributed by atoms with Crippen molar-refractivity contribution in [2.45, 2.75) is 83.6 Å². The minimum absolute atomic E-state index is 0.0101. The minimum atomic E-state index is -0.0607. The van der Waals surface area contributed by atoms with Crippen molar-refractivity contribution >= 4 is 122 Å². The van der Waals surface area contributed by atoms with Gasteiger partial charge in [0.2, 0.25) is 0 Å². The van der Waals surface area contributed by atoms with E-state index in [0.717, 1.165) is 34.0 Å². The molecule has 0 radical (unpaired) electrons. The lowest BCUT2D eigenvalue weighted by molar-refractivity contribution is 0.195. The fourth-order valence-electron chi connectivity index (χ4n) is 13.2. The Morgan fingerprint density at radius 3 is 2.03 bits per heavy atom. The van der Waals surface area contributed by atoms with E-state index in [1.807, 2.05) is 11.3 Å². The molecule has 4 aliphatic rings. The van der Waals surface area contributed by atoms with Gasteiger partial charge in [0.1, 0.15) is 5.58 Å². The number of para-hydroxylation sites is 3. The minimum Gasteiger partial charge on any atom is -0.454 e. The summed E-state index contributed by atoms with van der Waals surface area (Å²) in [7, 11) is 0. The van der Waals surface area contributed by atoms with Crippen LogP contribution in [0.1, 0.15) is 77.0 Å². The van der Waals surface area contributed by atoms with Crippen LogP contribution in [-0.2, 0) is 10.8 Å². The molecule has 1 saturated carbocycles. The highest BCUT2D eigenvalue weighted by atomic mass is 32.1. The molecule has 2 atom stereocenters. The molecule has 4 nitrogen and oxygen atoms in total. The summed E-state index contributed by atoms with van der Waals surface area (Å²) in [6, 6.07) is 60.1. The molecule has 1 aliphatic carbocycles. The summed E-state index contributed by atoms with van der Waals surface area (Å²) >= 11 is 1.91. The van der Waals surface area contributed by atoms with Gasteiger partial charge in [-0.2, -0.15) is 0 Å². The molecule has 2 unspecified atom stereocenters. The highest BCUT2D eigenvalue weighted by Gasteiger charge is 2.58. The van der Waals surface area contributed by atoms with Crippen LogP contribution in [-0.4, -0.2) is 12.3 Å². The number of benzene rings is 8. The second-order valence-electron chi connectivity index (χ2n) is 21.3. The number of anilines is 8. The number of aryl methyl sites for hydroxylation is 1. The largest absolute Gasteiger partial charge is 0.454 e. The van der Waals surface area contributed by atoms with Crippen LogP contribution in [0.2, 0.25) is 0 Å². The first-order valence-corrected chi connectivity index (χ1v) is 25.1. The van der Waals surface area contributed by atoms with Gasteiger partial charge < -0.3 is 19.1 Å². The highest BCUT2D eigenvalue weighted by Crippen LogP contribution is 2.61. The van der Waals surface area contributed by atoms with Gasteiger partial charge >= 0.3 is 0 Å². The fourth-order valence-corrected chi connectivity index (χ4v) is 14.4. The lowest BCUT2D eigenvalue weighted by atomic mass is 9.33. The molecule has 326 valence electrons. The Labute approximate surface area is 397 Å².